The molecule has 0 aliphatic carbocycles. The van der Waals surface area contributed by atoms with Crippen LogP contribution in [0.25, 0.3) is 0 Å². The second-order valence-corrected chi connectivity index (χ2v) is 5.67. The van der Waals surface area contributed by atoms with Crippen LogP contribution < -0.4 is 0 Å². The van der Waals surface area contributed by atoms with Crippen molar-refractivity contribution in [3.05, 3.63) is 42.5 Å². The Morgan fingerprint density at radius 2 is 2.24 bits per heavy atom. The van der Waals surface area contributed by atoms with Crippen LogP contribution in [0.3, 0.4) is 0 Å². The van der Waals surface area contributed by atoms with Gasteiger partial charge in [-0.05, 0) is 12.1 Å². The Hall–Kier alpha value is -2.02. The SMILES string of the molecule is O=C1OCCN1CCSc1nccn1Cc1ccccn1. The molecule has 1 aliphatic rings. The van der Waals surface area contributed by atoms with Gasteiger partial charge in [0.1, 0.15) is 6.61 Å². The van der Waals surface area contributed by atoms with Crippen LogP contribution in [0.5, 0.6) is 0 Å². The largest absolute Gasteiger partial charge is 0.448 e. The number of carbonyl (C=O) groups excluding carboxylic acids is 1. The van der Waals surface area contributed by atoms with E-state index in [-0.39, 0.29) is 6.09 Å². The zero-order chi connectivity index (χ0) is 14.5. The maximum absolute atomic E-state index is 11.3. The predicted octanol–water partition coefficient (Wildman–Crippen LogP) is 1.87. The molecule has 0 N–H and O–H groups in total. The van der Waals surface area contributed by atoms with Crippen molar-refractivity contribution < 1.29 is 9.53 Å². The van der Waals surface area contributed by atoms with Crippen molar-refractivity contribution in [1.29, 1.82) is 0 Å². The molecule has 2 aromatic rings. The Bertz CT molecular complexity index is 602. The second kappa shape index (κ2) is 6.62. The minimum Gasteiger partial charge on any atom is -0.448 e. The van der Waals surface area contributed by atoms with Crippen molar-refractivity contribution >= 4 is 17.9 Å². The molecule has 2 aromatic heterocycles. The monoisotopic (exact) mass is 304 g/mol. The van der Waals surface area contributed by atoms with E-state index in [1.807, 2.05) is 24.4 Å². The lowest BCUT2D eigenvalue weighted by Gasteiger charge is -2.12. The van der Waals surface area contributed by atoms with Crippen LogP contribution in [0.1, 0.15) is 5.69 Å². The van der Waals surface area contributed by atoms with Crippen LogP contribution in [-0.4, -0.2) is 51.0 Å². The Morgan fingerprint density at radius 3 is 3.00 bits per heavy atom. The summed E-state index contributed by atoms with van der Waals surface area (Å²) in [6, 6.07) is 5.88. The lowest BCUT2D eigenvalue weighted by atomic mass is 10.3. The summed E-state index contributed by atoms with van der Waals surface area (Å²) < 4.78 is 6.97. The summed E-state index contributed by atoms with van der Waals surface area (Å²) in [5.74, 6) is 0.800. The van der Waals surface area contributed by atoms with Gasteiger partial charge in [0, 0.05) is 30.9 Å². The fraction of sp³-hybridized carbons (Fsp3) is 0.357. The summed E-state index contributed by atoms with van der Waals surface area (Å²) in [5, 5.41) is 0.938. The Kier molecular flexibility index (Phi) is 4.40. The van der Waals surface area contributed by atoms with Crippen molar-refractivity contribution in [2.75, 3.05) is 25.4 Å². The molecule has 0 aromatic carbocycles. The molecule has 3 heterocycles. The first-order valence-electron chi connectivity index (χ1n) is 6.78. The molecule has 110 valence electrons. The van der Waals surface area contributed by atoms with Crippen LogP contribution in [0.4, 0.5) is 4.79 Å². The maximum atomic E-state index is 11.3. The average molecular weight is 304 g/mol. The highest BCUT2D eigenvalue weighted by molar-refractivity contribution is 7.99. The molecular formula is C14H16N4O2S. The van der Waals surface area contributed by atoms with Gasteiger partial charge in [-0.2, -0.15) is 0 Å². The number of hydrogen-bond donors (Lipinski definition) is 0. The number of nitrogens with zero attached hydrogens (tertiary/aromatic N) is 4. The van der Waals surface area contributed by atoms with Gasteiger partial charge in [-0.15, -0.1) is 0 Å². The third-order valence-corrected chi connectivity index (χ3v) is 4.16. The van der Waals surface area contributed by atoms with E-state index in [0.717, 1.165) is 16.6 Å². The molecule has 3 rings (SSSR count). The van der Waals surface area contributed by atoms with E-state index in [2.05, 4.69) is 14.5 Å². The van der Waals surface area contributed by atoms with Gasteiger partial charge in [-0.3, -0.25) is 4.98 Å². The van der Waals surface area contributed by atoms with Gasteiger partial charge in [0.15, 0.2) is 5.16 Å². The fourth-order valence-electron chi connectivity index (χ4n) is 2.10. The first-order chi connectivity index (χ1) is 10.3. The molecule has 1 saturated heterocycles. The first-order valence-corrected chi connectivity index (χ1v) is 7.77. The lowest BCUT2D eigenvalue weighted by molar-refractivity contribution is 0.160. The highest BCUT2D eigenvalue weighted by Gasteiger charge is 2.21. The number of rotatable bonds is 6. The molecule has 0 radical (unpaired) electrons. The van der Waals surface area contributed by atoms with Gasteiger partial charge in [-0.1, -0.05) is 17.8 Å². The summed E-state index contributed by atoms with van der Waals surface area (Å²) in [7, 11) is 0. The van der Waals surface area contributed by atoms with Crippen LogP contribution in [-0.2, 0) is 11.3 Å². The van der Waals surface area contributed by atoms with E-state index >= 15 is 0 Å². The number of pyridine rings is 1. The average Bonchev–Trinajstić information content (AvgIpc) is 3.10. The molecule has 0 spiro atoms. The third kappa shape index (κ3) is 3.55. The summed E-state index contributed by atoms with van der Waals surface area (Å²) in [4.78, 5) is 21.7. The molecular weight excluding hydrogens is 288 g/mol. The van der Waals surface area contributed by atoms with E-state index in [1.54, 1.807) is 29.1 Å². The number of amides is 1. The van der Waals surface area contributed by atoms with Crippen LogP contribution in [0.15, 0.2) is 41.9 Å². The van der Waals surface area contributed by atoms with Gasteiger partial charge in [-0.25, -0.2) is 9.78 Å². The molecule has 1 fully saturated rings. The molecule has 7 heteroatoms. The quantitative estimate of drug-likeness (QED) is 0.763. The van der Waals surface area contributed by atoms with Crippen molar-refractivity contribution in [1.82, 2.24) is 19.4 Å². The number of aromatic nitrogens is 3. The standard InChI is InChI=1S/C14H16N4O2S/c19-14-17(7-9-20-14)8-10-21-13-16-5-6-18(13)11-12-3-1-2-4-15-12/h1-6H,7-11H2. The van der Waals surface area contributed by atoms with Crippen molar-refractivity contribution in [3.8, 4) is 0 Å². The van der Waals surface area contributed by atoms with Gasteiger partial charge < -0.3 is 14.2 Å². The number of cyclic esters (lactones) is 1. The third-order valence-electron chi connectivity index (χ3n) is 3.17. The molecule has 1 amide bonds. The zero-order valence-electron chi connectivity index (χ0n) is 11.5. The van der Waals surface area contributed by atoms with Crippen LogP contribution in [0.2, 0.25) is 0 Å². The van der Waals surface area contributed by atoms with Crippen molar-refractivity contribution in [3.63, 3.8) is 0 Å². The van der Waals surface area contributed by atoms with Crippen molar-refractivity contribution in [2.45, 2.75) is 11.7 Å². The maximum Gasteiger partial charge on any atom is 0.409 e. The van der Waals surface area contributed by atoms with E-state index < -0.39 is 0 Å². The molecule has 0 saturated carbocycles. The minimum atomic E-state index is -0.215. The van der Waals surface area contributed by atoms with E-state index in [1.165, 1.54) is 0 Å². The normalized spacial score (nSPS) is 14.5. The lowest BCUT2D eigenvalue weighted by Crippen LogP contribution is -2.26. The number of thioether (sulfide) groups is 1. The Labute approximate surface area is 127 Å². The summed E-state index contributed by atoms with van der Waals surface area (Å²) in [5.41, 5.74) is 1.00. The molecule has 6 nitrogen and oxygen atoms in total. The molecule has 0 bridgehead atoms. The predicted molar refractivity (Wildman–Crippen MR) is 79.2 cm³/mol. The smallest absolute Gasteiger partial charge is 0.409 e. The van der Waals surface area contributed by atoms with Gasteiger partial charge in [0.05, 0.1) is 18.8 Å². The highest BCUT2D eigenvalue weighted by Crippen LogP contribution is 2.17. The van der Waals surface area contributed by atoms with Crippen molar-refractivity contribution in [2.24, 2.45) is 0 Å². The second-order valence-electron chi connectivity index (χ2n) is 4.61. The summed E-state index contributed by atoms with van der Waals surface area (Å²) in [6.07, 6.45) is 5.31. The molecule has 1 aliphatic heterocycles. The molecule has 0 atom stereocenters. The van der Waals surface area contributed by atoms with E-state index in [0.29, 0.717) is 26.2 Å². The van der Waals surface area contributed by atoms with Gasteiger partial charge >= 0.3 is 6.09 Å². The highest BCUT2D eigenvalue weighted by atomic mass is 32.2. The molecule has 0 unspecified atom stereocenters. The number of imidazole rings is 1. The number of ether oxygens (including phenoxy) is 1. The number of carbonyl (C=O) groups is 1. The number of hydrogen-bond acceptors (Lipinski definition) is 5. The summed E-state index contributed by atoms with van der Waals surface area (Å²) in [6.45, 7) is 2.56. The summed E-state index contributed by atoms with van der Waals surface area (Å²) >= 11 is 1.64. The van der Waals surface area contributed by atoms with Crippen LogP contribution >= 0.6 is 11.8 Å². The van der Waals surface area contributed by atoms with E-state index in [9.17, 15) is 4.79 Å². The first kappa shape index (κ1) is 13.9. The van der Waals surface area contributed by atoms with Gasteiger partial charge in [0.2, 0.25) is 0 Å². The molecule has 21 heavy (non-hydrogen) atoms. The van der Waals surface area contributed by atoms with E-state index in [4.69, 9.17) is 4.74 Å². The topological polar surface area (TPSA) is 60.2 Å². The Balaban J connectivity index is 1.54. The fourth-order valence-corrected chi connectivity index (χ4v) is 3.02. The Morgan fingerprint density at radius 1 is 1.29 bits per heavy atom. The minimum absolute atomic E-state index is 0.215. The zero-order valence-corrected chi connectivity index (χ0v) is 12.3. The van der Waals surface area contributed by atoms with Crippen LogP contribution in [0, 0.1) is 0 Å². The van der Waals surface area contributed by atoms with Gasteiger partial charge in [0.25, 0.3) is 0 Å².